The highest BCUT2D eigenvalue weighted by Crippen LogP contribution is 2.31. The number of likely N-dealkylation sites (tertiary alicyclic amines) is 1. The number of ether oxygens (including phenoxy) is 2. The summed E-state index contributed by atoms with van der Waals surface area (Å²) in [7, 11) is 1.59. The molecule has 1 atom stereocenters. The summed E-state index contributed by atoms with van der Waals surface area (Å²) in [5.74, 6) is 0.0483. The van der Waals surface area contributed by atoms with E-state index < -0.39 is 11.7 Å². The predicted octanol–water partition coefficient (Wildman–Crippen LogP) is 3.91. The summed E-state index contributed by atoms with van der Waals surface area (Å²) in [4.78, 5) is 14.4. The largest absolute Gasteiger partial charge is 0.486 e. The maximum Gasteiger partial charge on any atom is 0.416 e. The van der Waals surface area contributed by atoms with Crippen molar-refractivity contribution in [3.8, 4) is 5.75 Å². The zero-order valence-electron chi connectivity index (χ0n) is 15.4. The number of carbonyl (C=O) groups excluding carboxylic acids is 1. The van der Waals surface area contributed by atoms with Gasteiger partial charge in [-0.25, -0.2) is 0 Å². The van der Waals surface area contributed by atoms with Crippen LogP contribution in [0.15, 0.2) is 34.9 Å². The van der Waals surface area contributed by atoms with Gasteiger partial charge in [0.1, 0.15) is 12.4 Å². The molecule has 1 saturated heterocycles. The average Bonchev–Trinajstić information content (AvgIpc) is 3.15. The zero-order chi connectivity index (χ0) is 20.1. The molecule has 1 fully saturated rings. The Morgan fingerprint density at radius 3 is 2.89 bits per heavy atom. The van der Waals surface area contributed by atoms with Crippen molar-refractivity contribution in [1.82, 2.24) is 10.1 Å². The average molecular weight is 398 g/mol. The SMILES string of the molecule is COCC1CCCCN1C(=O)c1cc(COc2cccc(C(F)(F)F)c2)on1. The van der Waals surface area contributed by atoms with Crippen LogP contribution < -0.4 is 4.74 Å². The molecule has 2 heterocycles. The van der Waals surface area contributed by atoms with E-state index >= 15 is 0 Å². The summed E-state index contributed by atoms with van der Waals surface area (Å²) in [5.41, 5.74) is -0.654. The first kappa shape index (κ1) is 20.2. The molecule has 1 aromatic carbocycles. The minimum absolute atomic E-state index is 0.00671. The van der Waals surface area contributed by atoms with Crippen molar-refractivity contribution in [2.45, 2.75) is 38.1 Å². The van der Waals surface area contributed by atoms with Crippen molar-refractivity contribution < 1.29 is 32.0 Å². The van der Waals surface area contributed by atoms with Gasteiger partial charge in [0.05, 0.1) is 18.2 Å². The molecule has 0 aliphatic carbocycles. The summed E-state index contributed by atoms with van der Waals surface area (Å²) in [6.45, 7) is 0.938. The second kappa shape index (κ2) is 8.64. The molecule has 1 aliphatic rings. The Morgan fingerprint density at radius 2 is 2.14 bits per heavy atom. The van der Waals surface area contributed by atoms with E-state index in [1.165, 1.54) is 18.2 Å². The van der Waals surface area contributed by atoms with Crippen molar-refractivity contribution in [2.75, 3.05) is 20.3 Å². The molecule has 28 heavy (non-hydrogen) atoms. The van der Waals surface area contributed by atoms with Crippen molar-refractivity contribution in [1.29, 1.82) is 0 Å². The fourth-order valence-corrected chi connectivity index (χ4v) is 3.18. The molecule has 1 unspecified atom stereocenters. The maximum atomic E-state index is 12.8. The zero-order valence-corrected chi connectivity index (χ0v) is 15.4. The van der Waals surface area contributed by atoms with Crippen LogP contribution in [0.5, 0.6) is 5.75 Å². The predicted molar refractivity (Wildman–Crippen MR) is 92.8 cm³/mol. The van der Waals surface area contributed by atoms with Crippen molar-refractivity contribution in [2.24, 2.45) is 0 Å². The Balaban J connectivity index is 1.63. The van der Waals surface area contributed by atoms with Crippen LogP contribution in [0.1, 0.15) is 41.1 Å². The van der Waals surface area contributed by atoms with Gasteiger partial charge in [-0.1, -0.05) is 11.2 Å². The summed E-state index contributed by atoms with van der Waals surface area (Å²) >= 11 is 0. The standard InChI is InChI=1S/C19H21F3N2O4/c1-26-11-14-6-2-3-8-24(14)18(25)17-10-16(28-23-17)12-27-15-7-4-5-13(9-15)19(20,21)22/h4-5,7,9-10,14H,2-3,6,8,11-12H2,1H3. The van der Waals surface area contributed by atoms with Crippen LogP contribution in [0.25, 0.3) is 0 Å². The normalized spacial score (nSPS) is 17.6. The van der Waals surface area contributed by atoms with Gasteiger partial charge in [-0.3, -0.25) is 4.79 Å². The highest BCUT2D eigenvalue weighted by atomic mass is 19.4. The Kier molecular flexibility index (Phi) is 6.23. The Labute approximate surface area is 160 Å². The first-order valence-corrected chi connectivity index (χ1v) is 8.94. The molecule has 0 radical (unpaired) electrons. The fourth-order valence-electron chi connectivity index (χ4n) is 3.18. The molecule has 0 N–H and O–H groups in total. The Bertz CT molecular complexity index is 804. The molecule has 1 amide bonds. The van der Waals surface area contributed by atoms with E-state index in [4.69, 9.17) is 14.0 Å². The number of hydrogen-bond donors (Lipinski definition) is 0. The Hall–Kier alpha value is -2.55. The maximum absolute atomic E-state index is 12.8. The molecule has 1 aromatic heterocycles. The van der Waals surface area contributed by atoms with Gasteiger partial charge in [0, 0.05) is 19.7 Å². The third kappa shape index (κ3) is 4.83. The number of piperidine rings is 1. The highest BCUT2D eigenvalue weighted by Gasteiger charge is 2.31. The molecule has 0 saturated carbocycles. The van der Waals surface area contributed by atoms with Gasteiger partial charge < -0.3 is 18.9 Å². The number of aromatic nitrogens is 1. The summed E-state index contributed by atoms with van der Waals surface area (Å²) in [6.07, 6.45) is -1.64. The van der Waals surface area contributed by atoms with Crippen LogP contribution in [-0.2, 0) is 17.5 Å². The van der Waals surface area contributed by atoms with Crippen molar-refractivity contribution in [3.63, 3.8) is 0 Å². The minimum Gasteiger partial charge on any atom is -0.486 e. The van der Waals surface area contributed by atoms with Crippen LogP contribution in [0.3, 0.4) is 0 Å². The molecule has 9 heteroatoms. The second-order valence-electron chi connectivity index (χ2n) is 6.60. The van der Waals surface area contributed by atoms with Gasteiger partial charge in [0.2, 0.25) is 0 Å². The number of methoxy groups -OCH3 is 1. The van der Waals surface area contributed by atoms with Crippen LogP contribution in [0.2, 0.25) is 0 Å². The van der Waals surface area contributed by atoms with Crippen LogP contribution >= 0.6 is 0 Å². The Morgan fingerprint density at radius 1 is 1.32 bits per heavy atom. The number of rotatable bonds is 6. The van der Waals surface area contributed by atoms with Gasteiger partial charge in [-0.15, -0.1) is 0 Å². The number of alkyl halides is 3. The van der Waals surface area contributed by atoms with Gasteiger partial charge in [-0.2, -0.15) is 13.2 Å². The lowest BCUT2D eigenvalue weighted by atomic mass is 10.0. The molecular formula is C19H21F3N2O4. The van der Waals surface area contributed by atoms with Crippen molar-refractivity contribution in [3.05, 3.63) is 47.3 Å². The topological polar surface area (TPSA) is 64.8 Å². The minimum atomic E-state index is -4.45. The number of nitrogens with zero attached hydrogens (tertiary/aromatic N) is 2. The van der Waals surface area contributed by atoms with E-state index in [2.05, 4.69) is 5.16 Å². The van der Waals surface area contributed by atoms with Crippen LogP contribution in [-0.4, -0.2) is 42.3 Å². The smallest absolute Gasteiger partial charge is 0.416 e. The van der Waals surface area contributed by atoms with Crippen LogP contribution in [0.4, 0.5) is 13.2 Å². The van der Waals surface area contributed by atoms with E-state index in [0.29, 0.717) is 13.2 Å². The van der Waals surface area contributed by atoms with Gasteiger partial charge in [-0.05, 0) is 37.5 Å². The molecular weight excluding hydrogens is 377 g/mol. The second-order valence-corrected chi connectivity index (χ2v) is 6.60. The first-order valence-electron chi connectivity index (χ1n) is 8.94. The molecule has 6 nitrogen and oxygen atoms in total. The highest BCUT2D eigenvalue weighted by molar-refractivity contribution is 5.92. The van der Waals surface area contributed by atoms with Gasteiger partial charge in [0.25, 0.3) is 5.91 Å². The monoisotopic (exact) mass is 398 g/mol. The van der Waals surface area contributed by atoms with E-state index in [0.717, 1.165) is 31.4 Å². The number of hydrogen-bond acceptors (Lipinski definition) is 5. The molecule has 152 valence electrons. The lowest BCUT2D eigenvalue weighted by molar-refractivity contribution is -0.137. The van der Waals surface area contributed by atoms with E-state index in [-0.39, 0.29) is 35.8 Å². The number of carbonyl (C=O) groups is 1. The summed E-state index contributed by atoms with van der Waals surface area (Å²) in [6, 6.07) is 6.00. The third-order valence-electron chi connectivity index (χ3n) is 4.57. The summed E-state index contributed by atoms with van der Waals surface area (Å²) < 4.78 is 53.9. The third-order valence-corrected chi connectivity index (χ3v) is 4.57. The van der Waals surface area contributed by atoms with E-state index in [9.17, 15) is 18.0 Å². The van der Waals surface area contributed by atoms with Crippen molar-refractivity contribution >= 4 is 5.91 Å². The van der Waals surface area contributed by atoms with Gasteiger partial charge >= 0.3 is 6.18 Å². The lowest BCUT2D eigenvalue weighted by Gasteiger charge is -2.34. The van der Waals surface area contributed by atoms with Crippen LogP contribution in [0, 0.1) is 0 Å². The molecule has 0 spiro atoms. The van der Waals surface area contributed by atoms with E-state index in [1.807, 2.05) is 0 Å². The molecule has 3 rings (SSSR count). The number of amides is 1. The quantitative estimate of drug-likeness (QED) is 0.738. The molecule has 2 aromatic rings. The first-order chi connectivity index (χ1) is 13.4. The fraction of sp³-hybridized carbons (Fsp3) is 0.474. The lowest BCUT2D eigenvalue weighted by Crippen LogP contribution is -2.46. The molecule has 1 aliphatic heterocycles. The van der Waals surface area contributed by atoms with Gasteiger partial charge in [0.15, 0.2) is 11.5 Å². The van der Waals surface area contributed by atoms with E-state index in [1.54, 1.807) is 12.0 Å². The number of halogens is 3. The number of benzene rings is 1. The molecule has 0 bridgehead atoms. The summed E-state index contributed by atoms with van der Waals surface area (Å²) in [5, 5.41) is 3.79.